The molecule has 0 amide bonds. The molecule has 0 N–H and O–H groups in total. The highest BCUT2D eigenvalue weighted by atomic mass is 28.3. The lowest BCUT2D eigenvalue weighted by molar-refractivity contribution is 0.870. The highest BCUT2D eigenvalue weighted by Crippen LogP contribution is 2.33. The van der Waals surface area contributed by atoms with Crippen LogP contribution in [0.1, 0.15) is 49.8 Å². The van der Waals surface area contributed by atoms with Crippen molar-refractivity contribution in [2.45, 2.75) is 66.5 Å². The van der Waals surface area contributed by atoms with Crippen LogP contribution in [-0.4, -0.2) is 8.07 Å². The fraction of sp³-hybridized carbons (Fsp3) is 0.500. The Morgan fingerprint density at radius 2 is 1.62 bits per heavy atom. The Kier molecular flexibility index (Phi) is 4.93. The molecule has 1 aliphatic rings. The van der Waals surface area contributed by atoms with Gasteiger partial charge in [-0.3, -0.25) is 0 Å². The molecule has 114 valence electrons. The van der Waals surface area contributed by atoms with Gasteiger partial charge in [0.05, 0.1) is 0 Å². The van der Waals surface area contributed by atoms with E-state index < -0.39 is 8.07 Å². The SMILES string of the molecule is CCCC[Si](C)(C1=CCC=C1C)c1c(C)cc(C)cc1C. The second-order valence-electron chi connectivity index (χ2n) is 6.95. The van der Waals surface area contributed by atoms with Crippen molar-refractivity contribution in [2.75, 3.05) is 0 Å². The number of aryl methyl sites for hydroxylation is 3. The van der Waals surface area contributed by atoms with Gasteiger partial charge in [0, 0.05) is 0 Å². The lowest BCUT2D eigenvalue weighted by atomic mass is 10.1. The van der Waals surface area contributed by atoms with Gasteiger partial charge in [0.2, 0.25) is 0 Å². The fourth-order valence-corrected chi connectivity index (χ4v) is 9.54. The zero-order chi connectivity index (χ0) is 15.6. The van der Waals surface area contributed by atoms with Crippen molar-refractivity contribution in [3.63, 3.8) is 0 Å². The first-order chi connectivity index (χ1) is 9.90. The Morgan fingerprint density at radius 3 is 2.10 bits per heavy atom. The lowest BCUT2D eigenvalue weighted by Crippen LogP contribution is -2.49. The molecule has 0 aliphatic heterocycles. The maximum Gasteiger partial charge on any atom is 0.115 e. The third kappa shape index (κ3) is 3.08. The summed E-state index contributed by atoms with van der Waals surface area (Å²) in [5.41, 5.74) is 5.96. The van der Waals surface area contributed by atoms with E-state index >= 15 is 0 Å². The van der Waals surface area contributed by atoms with E-state index in [1.165, 1.54) is 35.6 Å². The summed E-state index contributed by atoms with van der Waals surface area (Å²) in [7, 11) is -1.60. The van der Waals surface area contributed by atoms with Gasteiger partial charge >= 0.3 is 0 Å². The average Bonchev–Trinajstić information content (AvgIpc) is 2.82. The molecule has 0 radical (unpaired) electrons. The van der Waals surface area contributed by atoms with E-state index in [0.717, 1.165) is 6.42 Å². The Labute approximate surface area is 132 Å². The number of allylic oxidation sites excluding steroid dienone is 4. The topological polar surface area (TPSA) is 0 Å². The van der Waals surface area contributed by atoms with Crippen molar-refractivity contribution in [1.29, 1.82) is 0 Å². The van der Waals surface area contributed by atoms with Gasteiger partial charge in [-0.25, -0.2) is 0 Å². The van der Waals surface area contributed by atoms with Crippen LogP contribution in [0.5, 0.6) is 0 Å². The normalized spacial score (nSPS) is 17.4. The van der Waals surface area contributed by atoms with Crippen LogP contribution in [0.25, 0.3) is 0 Å². The first-order valence-electron chi connectivity index (χ1n) is 8.36. The third-order valence-corrected chi connectivity index (χ3v) is 10.1. The van der Waals surface area contributed by atoms with Crippen LogP contribution in [0.15, 0.2) is 35.1 Å². The second kappa shape index (κ2) is 6.35. The van der Waals surface area contributed by atoms with Gasteiger partial charge in [-0.1, -0.05) is 78.1 Å². The van der Waals surface area contributed by atoms with Crippen LogP contribution in [0, 0.1) is 20.8 Å². The molecule has 0 heterocycles. The zero-order valence-corrected chi connectivity index (χ0v) is 15.6. The van der Waals surface area contributed by atoms with Gasteiger partial charge in [-0.2, -0.15) is 0 Å². The van der Waals surface area contributed by atoms with Crippen LogP contribution in [0.3, 0.4) is 0 Å². The molecule has 0 bridgehead atoms. The molecule has 1 aliphatic carbocycles. The molecule has 0 saturated heterocycles. The summed E-state index contributed by atoms with van der Waals surface area (Å²) in [6.07, 6.45) is 8.70. The van der Waals surface area contributed by atoms with Gasteiger partial charge < -0.3 is 0 Å². The Balaban J connectivity index is 2.58. The maximum atomic E-state index is 2.60. The monoisotopic (exact) mass is 298 g/mol. The number of benzene rings is 1. The molecular weight excluding hydrogens is 268 g/mol. The van der Waals surface area contributed by atoms with Crippen LogP contribution < -0.4 is 5.19 Å². The highest BCUT2D eigenvalue weighted by Gasteiger charge is 2.37. The number of hydrogen-bond donors (Lipinski definition) is 0. The number of hydrogen-bond acceptors (Lipinski definition) is 0. The molecule has 0 spiro atoms. The van der Waals surface area contributed by atoms with Gasteiger partial charge in [0.15, 0.2) is 0 Å². The van der Waals surface area contributed by atoms with E-state index in [2.05, 4.69) is 65.5 Å². The highest BCUT2D eigenvalue weighted by molar-refractivity contribution is 6.98. The predicted molar refractivity (Wildman–Crippen MR) is 98.1 cm³/mol. The Hall–Kier alpha value is -1.08. The van der Waals surface area contributed by atoms with Gasteiger partial charge in [-0.05, 0) is 45.3 Å². The largest absolute Gasteiger partial charge is 0.115 e. The predicted octanol–water partition coefficient (Wildman–Crippen LogP) is 5.51. The molecule has 1 atom stereocenters. The minimum Gasteiger partial charge on any atom is -0.0808 e. The smallest absolute Gasteiger partial charge is 0.0808 e. The van der Waals surface area contributed by atoms with E-state index in [9.17, 15) is 0 Å². The summed E-state index contributed by atoms with van der Waals surface area (Å²) in [5, 5.41) is 3.40. The number of unbranched alkanes of at least 4 members (excludes halogenated alkanes) is 1. The van der Waals surface area contributed by atoms with Crippen molar-refractivity contribution >= 4 is 13.3 Å². The molecular formula is C20H30Si. The minimum absolute atomic E-state index is 1.14. The molecule has 0 aromatic heterocycles. The van der Waals surface area contributed by atoms with Gasteiger partial charge in [-0.15, -0.1) is 0 Å². The van der Waals surface area contributed by atoms with Crippen LogP contribution in [0.4, 0.5) is 0 Å². The number of rotatable bonds is 5. The van der Waals surface area contributed by atoms with Crippen molar-refractivity contribution in [3.8, 4) is 0 Å². The molecule has 1 aromatic rings. The molecule has 1 unspecified atom stereocenters. The summed E-state index contributed by atoms with van der Waals surface area (Å²) >= 11 is 0. The summed E-state index contributed by atoms with van der Waals surface area (Å²) in [5.74, 6) is 0. The first kappa shape index (κ1) is 16.3. The van der Waals surface area contributed by atoms with E-state index in [0.29, 0.717) is 0 Å². The zero-order valence-electron chi connectivity index (χ0n) is 14.6. The van der Waals surface area contributed by atoms with Gasteiger partial charge in [0.25, 0.3) is 0 Å². The van der Waals surface area contributed by atoms with Crippen molar-refractivity contribution < 1.29 is 0 Å². The summed E-state index contributed by atoms with van der Waals surface area (Å²) in [6, 6.07) is 6.15. The summed E-state index contributed by atoms with van der Waals surface area (Å²) in [6.45, 7) is 14.1. The van der Waals surface area contributed by atoms with E-state index in [-0.39, 0.29) is 0 Å². The van der Waals surface area contributed by atoms with Crippen molar-refractivity contribution in [1.82, 2.24) is 0 Å². The third-order valence-electron chi connectivity index (χ3n) is 5.02. The van der Waals surface area contributed by atoms with Crippen LogP contribution in [0.2, 0.25) is 12.6 Å². The van der Waals surface area contributed by atoms with Crippen molar-refractivity contribution in [2.24, 2.45) is 0 Å². The molecule has 0 fully saturated rings. The fourth-order valence-electron chi connectivity index (χ4n) is 4.26. The van der Waals surface area contributed by atoms with Crippen molar-refractivity contribution in [3.05, 3.63) is 51.7 Å². The van der Waals surface area contributed by atoms with Gasteiger partial charge in [0.1, 0.15) is 8.07 Å². The Bertz CT molecular complexity index is 569. The average molecular weight is 299 g/mol. The standard InChI is InChI=1S/C20H30Si/c1-7-8-12-21(6,19-11-9-10-16(19)3)20-17(4)13-15(2)14-18(20)5/h10-11,13-14H,7-9,12H2,1-6H3. The lowest BCUT2D eigenvalue weighted by Gasteiger charge is -2.34. The molecule has 1 heteroatoms. The van der Waals surface area contributed by atoms with E-state index in [4.69, 9.17) is 0 Å². The van der Waals surface area contributed by atoms with Crippen LogP contribution >= 0.6 is 0 Å². The maximum absolute atomic E-state index is 2.60. The van der Waals surface area contributed by atoms with E-state index in [1.54, 1.807) is 16.0 Å². The second-order valence-corrected chi connectivity index (χ2v) is 11.2. The van der Waals surface area contributed by atoms with E-state index in [1.807, 2.05) is 0 Å². The summed E-state index contributed by atoms with van der Waals surface area (Å²) in [4.78, 5) is 0. The molecule has 0 saturated carbocycles. The Morgan fingerprint density at radius 1 is 1.00 bits per heavy atom. The molecule has 1 aromatic carbocycles. The molecule has 21 heavy (non-hydrogen) atoms. The minimum atomic E-state index is -1.60. The quantitative estimate of drug-likeness (QED) is 0.628. The molecule has 2 rings (SSSR count). The first-order valence-corrected chi connectivity index (χ1v) is 11.1. The summed E-state index contributed by atoms with van der Waals surface area (Å²) < 4.78 is 0. The molecule has 0 nitrogen and oxygen atoms in total. The van der Waals surface area contributed by atoms with Crippen LogP contribution in [-0.2, 0) is 0 Å².